The lowest BCUT2D eigenvalue weighted by Crippen LogP contribution is -2.37. The van der Waals surface area contributed by atoms with Crippen molar-refractivity contribution in [3.05, 3.63) is 71.0 Å². The third-order valence-electron chi connectivity index (χ3n) is 5.57. The molecule has 35 heavy (non-hydrogen) atoms. The van der Waals surface area contributed by atoms with E-state index in [1.54, 1.807) is 31.2 Å². The Morgan fingerprint density at radius 1 is 1.09 bits per heavy atom. The van der Waals surface area contributed by atoms with E-state index in [4.69, 9.17) is 4.74 Å². The van der Waals surface area contributed by atoms with Gasteiger partial charge in [-0.1, -0.05) is 18.2 Å². The number of carbonyl (C=O) groups excluding carboxylic acids is 1. The van der Waals surface area contributed by atoms with E-state index in [0.717, 1.165) is 5.69 Å². The first-order chi connectivity index (χ1) is 17.0. The number of hydrogen-bond donors (Lipinski definition) is 1. The van der Waals surface area contributed by atoms with Crippen LogP contribution in [0.2, 0.25) is 0 Å². The van der Waals surface area contributed by atoms with Crippen LogP contribution in [0, 0.1) is 16.0 Å². The molecule has 1 aliphatic rings. The molecular weight excluding hydrogens is 450 g/mol. The molecule has 1 aromatic heterocycles. The molecule has 0 aliphatic carbocycles. The first-order valence-corrected chi connectivity index (χ1v) is 11.3. The fraction of sp³-hybridized carbons (Fsp3) is 0.292. The lowest BCUT2D eigenvalue weighted by atomic mass is 9.97. The van der Waals surface area contributed by atoms with Gasteiger partial charge in [-0.2, -0.15) is 10.2 Å². The maximum atomic E-state index is 12.0. The van der Waals surface area contributed by atoms with E-state index >= 15 is 0 Å². The van der Waals surface area contributed by atoms with Gasteiger partial charge in [-0.05, 0) is 56.2 Å². The summed E-state index contributed by atoms with van der Waals surface area (Å²) in [5.41, 5.74) is 1.78. The Balaban J connectivity index is 1.48. The van der Waals surface area contributed by atoms with Gasteiger partial charge in [0.05, 0.1) is 28.8 Å². The Hall–Kier alpha value is -4.41. The van der Waals surface area contributed by atoms with E-state index in [2.05, 4.69) is 25.5 Å². The van der Waals surface area contributed by atoms with Crippen LogP contribution in [0.15, 0.2) is 71.2 Å². The Kier molecular flexibility index (Phi) is 7.56. The van der Waals surface area contributed by atoms with E-state index in [9.17, 15) is 14.9 Å². The van der Waals surface area contributed by atoms with Crippen molar-refractivity contribution in [1.29, 1.82) is 0 Å². The monoisotopic (exact) mass is 475 g/mol. The minimum Gasteiger partial charge on any atom is -0.466 e. The molecule has 0 unspecified atom stereocenters. The second kappa shape index (κ2) is 11.1. The number of azo groups is 1. The summed E-state index contributed by atoms with van der Waals surface area (Å²) in [6.07, 6.45) is 2.38. The highest BCUT2D eigenvalue weighted by Crippen LogP contribution is 2.35. The average molecular weight is 476 g/mol. The maximum Gasteiger partial charge on any atom is 0.353 e. The Labute approximate surface area is 202 Å². The van der Waals surface area contributed by atoms with Crippen molar-refractivity contribution in [3.63, 3.8) is 0 Å². The van der Waals surface area contributed by atoms with E-state index in [1.807, 2.05) is 35.2 Å². The summed E-state index contributed by atoms with van der Waals surface area (Å²) >= 11 is 0. The molecule has 11 nitrogen and oxygen atoms in total. The van der Waals surface area contributed by atoms with Gasteiger partial charge in [-0.25, -0.2) is 9.97 Å². The molecule has 1 fully saturated rings. The van der Waals surface area contributed by atoms with Crippen LogP contribution in [0.3, 0.4) is 0 Å². The standard InChI is InChI=1S/C24H25N7O4/c1-2-35-24(32)17-12-14-30(15-13-17)23-21(31(33)34)22(25-16-26-23)27-18-8-10-20(11-9-18)29-28-19-6-4-3-5-7-19/h3-11,16-17H,2,12-15H2,1H3,(H,25,26,27). The smallest absolute Gasteiger partial charge is 0.353 e. The summed E-state index contributed by atoms with van der Waals surface area (Å²) in [7, 11) is 0. The molecule has 0 radical (unpaired) electrons. The van der Waals surface area contributed by atoms with Gasteiger partial charge >= 0.3 is 11.7 Å². The molecule has 180 valence electrons. The third kappa shape index (κ3) is 5.94. The normalized spacial score (nSPS) is 14.1. The molecule has 0 bridgehead atoms. The highest BCUT2D eigenvalue weighted by molar-refractivity contribution is 5.76. The zero-order valence-corrected chi connectivity index (χ0v) is 19.2. The number of esters is 1. The number of ether oxygens (including phenoxy) is 1. The SMILES string of the molecule is CCOC(=O)C1CCN(c2ncnc(Nc3ccc(N=Nc4ccccc4)cc3)c2[N+](=O)[O-])CC1. The summed E-state index contributed by atoms with van der Waals surface area (Å²) < 4.78 is 5.10. The molecule has 11 heteroatoms. The van der Waals surface area contributed by atoms with E-state index in [1.165, 1.54) is 6.33 Å². The molecule has 1 aliphatic heterocycles. The molecule has 0 spiro atoms. The number of hydrogen-bond acceptors (Lipinski definition) is 10. The summed E-state index contributed by atoms with van der Waals surface area (Å²) in [5, 5.41) is 23.4. The van der Waals surface area contributed by atoms with E-state index < -0.39 is 4.92 Å². The zero-order valence-electron chi connectivity index (χ0n) is 19.2. The van der Waals surface area contributed by atoms with Gasteiger partial charge in [-0.3, -0.25) is 14.9 Å². The molecule has 0 atom stereocenters. The number of anilines is 3. The number of benzene rings is 2. The van der Waals surface area contributed by atoms with Gasteiger partial charge in [0, 0.05) is 18.8 Å². The number of nitrogens with one attached hydrogen (secondary N) is 1. The number of piperidine rings is 1. The minimum atomic E-state index is -0.489. The lowest BCUT2D eigenvalue weighted by Gasteiger charge is -2.31. The van der Waals surface area contributed by atoms with Crippen LogP contribution in [-0.4, -0.2) is 40.6 Å². The second-order valence-electron chi connectivity index (χ2n) is 7.87. The molecule has 2 aromatic carbocycles. The van der Waals surface area contributed by atoms with Gasteiger partial charge < -0.3 is 15.0 Å². The third-order valence-corrected chi connectivity index (χ3v) is 5.57. The number of rotatable bonds is 8. The fourth-order valence-corrected chi connectivity index (χ4v) is 3.81. The Morgan fingerprint density at radius 2 is 1.74 bits per heavy atom. The Bertz CT molecular complexity index is 1190. The van der Waals surface area contributed by atoms with E-state index in [0.29, 0.717) is 43.9 Å². The highest BCUT2D eigenvalue weighted by atomic mass is 16.6. The summed E-state index contributed by atoms with van der Waals surface area (Å²) in [4.78, 5) is 33.6. The van der Waals surface area contributed by atoms with Crippen molar-refractivity contribution in [3.8, 4) is 0 Å². The summed E-state index contributed by atoms with van der Waals surface area (Å²) in [6, 6.07) is 16.4. The zero-order chi connectivity index (χ0) is 24.6. The summed E-state index contributed by atoms with van der Waals surface area (Å²) in [5.74, 6) is -0.116. The predicted octanol–water partition coefficient (Wildman–Crippen LogP) is 5.32. The molecule has 2 heterocycles. The van der Waals surface area contributed by atoms with Crippen LogP contribution in [0.25, 0.3) is 0 Å². The average Bonchev–Trinajstić information content (AvgIpc) is 2.89. The molecule has 0 amide bonds. The van der Waals surface area contributed by atoms with Gasteiger partial charge in [0.15, 0.2) is 0 Å². The lowest BCUT2D eigenvalue weighted by molar-refractivity contribution is -0.383. The van der Waals surface area contributed by atoms with Crippen LogP contribution in [0.1, 0.15) is 19.8 Å². The minimum absolute atomic E-state index is 0.0891. The van der Waals surface area contributed by atoms with Crippen molar-refractivity contribution < 1.29 is 14.5 Å². The topological polar surface area (TPSA) is 135 Å². The van der Waals surface area contributed by atoms with Crippen molar-refractivity contribution in [2.45, 2.75) is 19.8 Å². The van der Waals surface area contributed by atoms with Crippen molar-refractivity contribution in [2.24, 2.45) is 16.1 Å². The summed E-state index contributed by atoms with van der Waals surface area (Å²) in [6.45, 7) is 3.03. The Morgan fingerprint density at radius 3 is 2.37 bits per heavy atom. The van der Waals surface area contributed by atoms with Crippen LogP contribution in [-0.2, 0) is 9.53 Å². The number of nitro groups is 1. The van der Waals surface area contributed by atoms with Crippen LogP contribution in [0.4, 0.5) is 34.4 Å². The van der Waals surface area contributed by atoms with Gasteiger partial charge in [0.25, 0.3) is 0 Å². The van der Waals surface area contributed by atoms with E-state index in [-0.39, 0.29) is 29.2 Å². The first kappa shape index (κ1) is 23.7. The van der Waals surface area contributed by atoms with Crippen LogP contribution in [0.5, 0.6) is 0 Å². The highest BCUT2D eigenvalue weighted by Gasteiger charge is 2.32. The number of carbonyl (C=O) groups is 1. The molecule has 1 saturated heterocycles. The maximum absolute atomic E-state index is 12.0. The van der Waals surface area contributed by atoms with Crippen LogP contribution >= 0.6 is 0 Å². The molecule has 0 saturated carbocycles. The molecular formula is C24H25N7O4. The molecule has 1 N–H and O–H groups in total. The molecule has 4 rings (SSSR count). The predicted molar refractivity (Wildman–Crippen MR) is 131 cm³/mol. The number of aromatic nitrogens is 2. The van der Waals surface area contributed by atoms with Crippen LogP contribution < -0.4 is 10.2 Å². The van der Waals surface area contributed by atoms with Crippen molar-refractivity contribution >= 4 is 40.4 Å². The molecule has 3 aromatic rings. The second-order valence-corrected chi connectivity index (χ2v) is 7.87. The van der Waals surface area contributed by atoms with Gasteiger partial charge in [-0.15, -0.1) is 0 Å². The largest absolute Gasteiger partial charge is 0.466 e. The van der Waals surface area contributed by atoms with Gasteiger partial charge in [0.1, 0.15) is 6.33 Å². The first-order valence-electron chi connectivity index (χ1n) is 11.3. The van der Waals surface area contributed by atoms with Gasteiger partial charge in [0.2, 0.25) is 11.6 Å². The number of nitrogens with zero attached hydrogens (tertiary/aromatic N) is 6. The quantitative estimate of drug-likeness (QED) is 0.200. The van der Waals surface area contributed by atoms with Crippen molar-refractivity contribution in [2.75, 3.05) is 29.9 Å². The fourth-order valence-electron chi connectivity index (χ4n) is 3.81. The van der Waals surface area contributed by atoms with Crippen molar-refractivity contribution in [1.82, 2.24) is 9.97 Å².